The number of anilines is 1. The number of rotatable bonds is 11. The lowest BCUT2D eigenvalue weighted by Crippen LogP contribution is -2.49. The number of carbonyl (C=O) groups is 2. The number of piperidine rings is 2. The first-order valence-electron chi connectivity index (χ1n) is 16.2. The van der Waals surface area contributed by atoms with Gasteiger partial charge in [-0.05, 0) is 79.6 Å². The molecule has 258 valence electrons. The number of pyridine rings is 1. The van der Waals surface area contributed by atoms with E-state index in [1.54, 1.807) is 24.4 Å². The molecule has 0 aliphatic carbocycles. The summed E-state index contributed by atoms with van der Waals surface area (Å²) >= 11 is 0. The van der Waals surface area contributed by atoms with Crippen molar-refractivity contribution in [1.82, 2.24) is 19.1 Å². The first-order valence-corrected chi connectivity index (χ1v) is 17.6. The summed E-state index contributed by atoms with van der Waals surface area (Å²) in [6.45, 7) is 7.47. The molecule has 3 aromatic rings. The molecule has 1 aromatic heterocycles. The van der Waals surface area contributed by atoms with E-state index in [1.807, 2.05) is 24.8 Å². The SMILES string of the molecule is CC(C)CN(C(=O)Nc1ccc(F)c(C(N)=O)c1)C1CCN(Cc2ccc(Oc3ccc(S(=O)(=O)N4CCC(O)CC4)cc3)nc2)CC1. The van der Waals surface area contributed by atoms with Gasteiger partial charge in [0.1, 0.15) is 11.6 Å². The van der Waals surface area contributed by atoms with Crippen molar-refractivity contribution in [2.45, 2.75) is 63.1 Å². The van der Waals surface area contributed by atoms with Crippen molar-refractivity contribution in [3.05, 3.63) is 77.7 Å². The summed E-state index contributed by atoms with van der Waals surface area (Å²) in [4.78, 5) is 33.6. The van der Waals surface area contributed by atoms with Crippen molar-refractivity contribution in [3.63, 3.8) is 0 Å². The fourth-order valence-corrected chi connectivity index (χ4v) is 7.49. The maximum absolute atomic E-state index is 13.9. The Morgan fingerprint density at radius 2 is 1.73 bits per heavy atom. The van der Waals surface area contributed by atoms with Crippen LogP contribution in [0.4, 0.5) is 14.9 Å². The average molecular weight is 683 g/mol. The molecule has 0 radical (unpaired) electrons. The minimum Gasteiger partial charge on any atom is -0.439 e. The highest BCUT2D eigenvalue weighted by atomic mass is 32.2. The van der Waals surface area contributed by atoms with Crippen molar-refractivity contribution in [2.75, 3.05) is 38.0 Å². The van der Waals surface area contributed by atoms with E-state index in [9.17, 15) is 27.5 Å². The number of urea groups is 1. The Hall–Kier alpha value is -4.11. The third-order valence-corrected chi connectivity index (χ3v) is 10.5. The molecule has 3 heterocycles. The van der Waals surface area contributed by atoms with E-state index in [4.69, 9.17) is 10.5 Å². The molecule has 12 nitrogen and oxygen atoms in total. The maximum atomic E-state index is 13.9. The average Bonchev–Trinajstić information content (AvgIpc) is 3.06. The Labute approximate surface area is 280 Å². The molecule has 4 N–H and O–H groups in total. The first kappa shape index (κ1) is 35.2. The number of nitrogens with zero attached hydrogens (tertiary/aromatic N) is 4. The number of primary amides is 1. The predicted molar refractivity (Wildman–Crippen MR) is 179 cm³/mol. The molecule has 0 unspecified atom stereocenters. The second kappa shape index (κ2) is 15.4. The van der Waals surface area contributed by atoms with Crippen LogP contribution in [0.25, 0.3) is 0 Å². The summed E-state index contributed by atoms with van der Waals surface area (Å²) in [7, 11) is -3.63. The normalized spacial score (nSPS) is 16.9. The van der Waals surface area contributed by atoms with E-state index in [1.165, 1.54) is 28.6 Å². The molecule has 0 saturated carbocycles. The van der Waals surface area contributed by atoms with Crippen molar-refractivity contribution in [2.24, 2.45) is 11.7 Å². The van der Waals surface area contributed by atoms with E-state index < -0.39 is 27.9 Å². The lowest BCUT2D eigenvalue weighted by Gasteiger charge is -2.39. The van der Waals surface area contributed by atoms with E-state index in [-0.39, 0.29) is 28.4 Å². The van der Waals surface area contributed by atoms with Crippen LogP contribution < -0.4 is 15.8 Å². The van der Waals surface area contributed by atoms with Crippen LogP contribution in [0.3, 0.4) is 0 Å². The molecular weight excluding hydrogens is 639 g/mol. The number of amides is 3. The lowest BCUT2D eigenvalue weighted by molar-refractivity contribution is 0.0996. The van der Waals surface area contributed by atoms with Crippen molar-refractivity contribution in [1.29, 1.82) is 0 Å². The van der Waals surface area contributed by atoms with Gasteiger partial charge in [-0.3, -0.25) is 9.69 Å². The number of aliphatic hydroxyl groups excluding tert-OH is 1. The van der Waals surface area contributed by atoms with Crippen LogP contribution in [0.1, 0.15) is 55.5 Å². The van der Waals surface area contributed by atoms with Crippen LogP contribution in [0.5, 0.6) is 11.6 Å². The molecule has 2 fully saturated rings. The second-order valence-electron chi connectivity index (χ2n) is 12.8. The number of sulfonamides is 1. The van der Waals surface area contributed by atoms with Gasteiger partial charge in [0.05, 0.1) is 16.6 Å². The minimum absolute atomic E-state index is 0.0164. The van der Waals surface area contributed by atoms with Gasteiger partial charge in [-0.1, -0.05) is 19.9 Å². The quantitative estimate of drug-likeness (QED) is 0.268. The highest BCUT2D eigenvalue weighted by Gasteiger charge is 2.30. The van der Waals surface area contributed by atoms with Crippen LogP contribution >= 0.6 is 0 Å². The highest BCUT2D eigenvalue weighted by Crippen LogP contribution is 2.26. The number of hydrogen-bond donors (Lipinski definition) is 3. The molecule has 2 saturated heterocycles. The molecule has 5 rings (SSSR count). The molecule has 2 aliphatic heterocycles. The van der Waals surface area contributed by atoms with Gasteiger partial charge < -0.3 is 25.8 Å². The molecular formula is C34H43FN6O6S. The molecule has 0 spiro atoms. The van der Waals surface area contributed by atoms with E-state index in [0.29, 0.717) is 56.3 Å². The number of ether oxygens (including phenoxy) is 1. The molecule has 14 heteroatoms. The fourth-order valence-electron chi connectivity index (χ4n) is 6.02. The van der Waals surface area contributed by atoms with Crippen molar-refractivity contribution < 1.29 is 32.2 Å². The third-order valence-electron chi connectivity index (χ3n) is 8.61. The summed E-state index contributed by atoms with van der Waals surface area (Å²) in [6.07, 6.45) is 3.71. The van der Waals surface area contributed by atoms with Gasteiger partial charge in [0.25, 0.3) is 5.91 Å². The van der Waals surface area contributed by atoms with Crippen LogP contribution in [-0.2, 0) is 16.6 Å². The Kier molecular flexibility index (Phi) is 11.3. The summed E-state index contributed by atoms with van der Waals surface area (Å²) in [5.74, 6) is -0.549. The molecule has 0 bridgehead atoms. The number of likely N-dealkylation sites (tertiary alicyclic amines) is 1. The lowest BCUT2D eigenvalue weighted by atomic mass is 10.0. The number of nitrogens with two attached hydrogens (primary N) is 1. The smallest absolute Gasteiger partial charge is 0.322 e. The standard InChI is InChI=1S/C34H43FN6O6S/c1-23(2)21-41(34(44)38-25-4-9-31(35)30(19-25)33(36)43)26-11-15-39(16-12-26)22-24-3-10-32(37-20-24)47-28-5-7-29(8-6-28)48(45,46)40-17-13-27(42)14-18-40/h3-10,19-20,23,26-27,42H,11-18,21-22H2,1-2H3,(H2,36,43)(H,38,44). The zero-order valence-corrected chi connectivity index (χ0v) is 28.0. The monoisotopic (exact) mass is 682 g/mol. The van der Waals surface area contributed by atoms with Gasteiger partial charge in [0.15, 0.2) is 0 Å². The van der Waals surface area contributed by atoms with Gasteiger partial charge in [0, 0.05) is 63.3 Å². The number of hydrogen-bond acceptors (Lipinski definition) is 8. The molecule has 0 atom stereocenters. The van der Waals surface area contributed by atoms with Gasteiger partial charge >= 0.3 is 6.03 Å². The Morgan fingerprint density at radius 3 is 2.33 bits per heavy atom. The maximum Gasteiger partial charge on any atom is 0.322 e. The van der Waals surface area contributed by atoms with Crippen LogP contribution in [0, 0.1) is 11.7 Å². The number of nitrogens with one attached hydrogen (secondary N) is 1. The number of aromatic nitrogens is 1. The highest BCUT2D eigenvalue weighted by molar-refractivity contribution is 7.89. The molecule has 48 heavy (non-hydrogen) atoms. The second-order valence-corrected chi connectivity index (χ2v) is 14.7. The van der Waals surface area contributed by atoms with E-state index in [0.717, 1.165) is 37.6 Å². The van der Waals surface area contributed by atoms with Crippen LogP contribution in [0.15, 0.2) is 65.7 Å². The van der Waals surface area contributed by atoms with Crippen molar-refractivity contribution >= 4 is 27.6 Å². The largest absolute Gasteiger partial charge is 0.439 e. The minimum atomic E-state index is -3.63. The summed E-state index contributed by atoms with van der Waals surface area (Å²) in [5, 5.41) is 12.5. The van der Waals surface area contributed by atoms with Gasteiger partial charge in [-0.15, -0.1) is 0 Å². The number of aliphatic hydroxyl groups is 1. The first-order chi connectivity index (χ1) is 22.9. The zero-order valence-electron chi connectivity index (χ0n) is 27.2. The van der Waals surface area contributed by atoms with Gasteiger partial charge in [-0.25, -0.2) is 22.6 Å². The topological polar surface area (TPSA) is 158 Å². The summed E-state index contributed by atoms with van der Waals surface area (Å²) in [5.41, 5.74) is 6.30. The molecule has 2 aliphatic rings. The Morgan fingerprint density at radius 1 is 1.04 bits per heavy atom. The van der Waals surface area contributed by atoms with Gasteiger partial charge in [0.2, 0.25) is 15.9 Å². The Balaban J connectivity index is 1.12. The van der Waals surface area contributed by atoms with Crippen LogP contribution in [-0.4, -0.2) is 89.4 Å². The predicted octanol–water partition coefficient (Wildman–Crippen LogP) is 4.41. The molecule has 3 amide bonds. The number of carbonyl (C=O) groups excluding carboxylic acids is 2. The number of halogens is 1. The van der Waals surface area contributed by atoms with Gasteiger partial charge in [-0.2, -0.15) is 4.31 Å². The number of benzene rings is 2. The van der Waals surface area contributed by atoms with E-state index in [2.05, 4.69) is 15.2 Å². The fraction of sp³-hybridized carbons (Fsp3) is 0.441. The zero-order chi connectivity index (χ0) is 34.4. The molecule has 2 aromatic carbocycles. The third kappa shape index (κ3) is 8.86. The Bertz CT molecular complexity index is 1670. The van der Waals surface area contributed by atoms with E-state index >= 15 is 0 Å². The van der Waals surface area contributed by atoms with Crippen LogP contribution in [0.2, 0.25) is 0 Å². The summed E-state index contributed by atoms with van der Waals surface area (Å²) in [6, 6.07) is 13.5. The van der Waals surface area contributed by atoms with Crippen molar-refractivity contribution in [3.8, 4) is 11.6 Å². The summed E-state index contributed by atoms with van der Waals surface area (Å²) < 4.78 is 47.1.